The van der Waals surface area contributed by atoms with Crippen molar-refractivity contribution in [2.24, 2.45) is 0 Å². The van der Waals surface area contributed by atoms with Gasteiger partial charge >= 0.3 is 0 Å². The van der Waals surface area contributed by atoms with Gasteiger partial charge in [0.05, 0.1) is 16.8 Å². The normalized spacial score (nSPS) is 12.9. The molecule has 12 rings (SSSR count). The molecule has 9 aromatic carbocycles. The molecule has 10 aromatic rings. The van der Waals surface area contributed by atoms with Gasteiger partial charge in [0.15, 0.2) is 17.5 Å². The topological polar surface area (TPSA) is 41.9 Å². The Morgan fingerprint density at radius 2 is 0.710 bits per heavy atom. The van der Waals surface area contributed by atoms with E-state index in [1.54, 1.807) is 0 Å². The van der Waals surface area contributed by atoms with E-state index < -0.39 is 5.41 Å². The van der Waals surface area contributed by atoms with E-state index in [0.29, 0.717) is 17.5 Å². The number of hydrogen-bond donors (Lipinski definition) is 0. The predicted octanol–water partition coefficient (Wildman–Crippen LogP) is 14.4. The van der Waals surface area contributed by atoms with Crippen LogP contribution in [0.3, 0.4) is 0 Å². The summed E-state index contributed by atoms with van der Waals surface area (Å²) in [6, 6.07) is 82.3. The van der Waals surface area contributed by atoms with Crippen LogP contribution >= 0.6 is 0 Å². The van der Waals surface area contributed by atoms with Crippen LogP contribution in [0.25, 0.3) is 67.5 Å². The quantitative estimate of drug-likeness (QED) is 0.168. The van der Waals surface area contributed by atoms with Gasteiger partial charge in [0.2, 0.25) is 0 Å². The minimum absolute atomic E-state index is 0.594. The van der Waals surface area contributed by atoms with Crippen molar-refractivity contribution >= 4 is 17.1 Å². The monoisotopic (exact) mass is 790 g/mol. The van der Waals surface area contributed by atoms with E-state index in [1.165, 1.54) is 55.9 Å². The average molecular weight is 791 g/mol. The molecule has 290 valence electrons. The Bertz CT molecular complexity index is 3240. The van der Waals surface area contributed by atoms with E-state index in [-0.39, 0.29) is 0 Å². The molecule has 1 aliphatic heterocycles. The van der Waals surface area contributed by atoms with Crippen LogP contribution in [0.2, 0.25) is 0 Å². The van der Waals surface area contributed by atoms with Crippen LogP contribution in [0, 0.1) is 0 Å². The second kappa shape index (κ2) is 14.5. The van der Waals surface area contributed by atoms with Crippen LogP contribution in [0.5, 0.6) is 0 Å². The van der Waals surface area contributed by atoms with E-state index in [2.05, 4.69) is 211 Å². The smallest absolute Gasteiger partial charge is 0.164 e. The second-order valence-electron chi connectivity index (χ2n) is 15.9. The number of fused-ring (bicyclic) bond motifs is 9. The summed E-state index contributed by atoms with van der Waals surface area (Å²) in [6.45, 7) is 0. The van der Waals surface area contributed by atoms with Crippen molar-refractivity contribution in [1.29, 1.82) is 0 Å². The van der Waals surface area contributed by atoms with Crippen LogP contribution in [0.4, 0.5) is 17.1 Å². The second-order valence-corrected chi connectivity index (χ2v) is 15.9. The Balaban J connectivity index is 1.05. The molecule has 0 saturated carbocycles. The van der Waals surface area contributed by atoms with Gasteiger partial charge in [0.25, 0.3) is 0 Å². The Hall–Kier alpha value is -8.21. The van der Waals surface area contributed by atoms with Crippen molar-refractivity contribution < 1.29 is 0 Å². The molecule has 62 heavy (non-hydrogen) atoms. The first-order chi connectivity index (χ1) is 30.8. The zero-order valence-corrected chi connectivity index (χ0v) is 33.7. The van der Waals surface area contributed by atoms with E-state index in [4.69, 9.17) is 15.0 Å². The average Bonchev–Trinajstić information content (AvgIpc) is 3.66. The van der Waals surface area contributed by atoms with Crippen molar-refractivity contribution in [1.82, 2.24) is 15.0 Å². The van der Waals surface area contributed by atoms with Crippen LogP contribution in [0.15, 0.2) is 231 Å². The van der Waals surface area contributed by atoms with E-state index in [9.17, 15) is 0 Å². The lowest BCUT2D eigenvalue weighted by atomic mass is 9.63. The van der Waals surface area contributed by atoms with Crippen LogP contribution < -0.4 is 4.90 Å². The van der Waals surface area contributed by atoms with Crippen molar-refractivity contribution in [3.05, 3.63) is 253 Å². The molecule has 0 atom stereocenters. The lowest BCUT2D eigenvalue weighted by Crippen LogP contribution is -2.36. The van der Waals surface area contributed by atoms with Gasteiger partial charge in [-0.3, -0.25) is 0 Å². The van der Waals surface area contributed by atoms with Crippen molar-refractivity contribution in [3.63, 3.8) is 0 Å². The number of hydrogen-bond acceptors (Lipinski definition) is 4. The molecule has 1 aliphatic carbocycles. The van der Waals surface area contributed by atoms with Gasteiger partial charge < -0.3 is 4.90 Å². The fourth-order valence-electron chi connectivity index (χ4n) is 9.88. The first kappa shape index (κ1) is 35.7. The van der Waals surface area contributed by atoms with Gasteiger partial charge in [0.1, 0.15) is 0 Å². The summed E-state index contributed by atoms with van der Waals surface area (Å²) in [5.74, 6) is 1.89. The lowest BCUT2D eigenvalue weighted by molar-refractivity contribution is 0.754. The fraction of sp³-hybridized carbons (Fsp3) is 0.0172. The molecule has 0 fully saturated rings. The third-order valence-electron chi connectivity index (χ3n) is 12.5. The summed E-state index contributed by atoms with van der Waals surface area (Å²) in [5.41, 5.74) is 17.8. The summed E-state index contributed by atoms with van der Waals surface area (Å²) in [6.07, 6.45) is 0. The summed E-state index contributed by atoms with van der Waals surface area (Å²) in [5, 5.41) is 0. The Kier molecular flexibility index (Phi) is 8.36. The third kappa shape index (κ3) is 5.58. The van der Waals surface area contributed by atoms with E-state index in [1.807, 2.05) is 24.3 Å². The molecule has 0 bridgehead atoms. The maximum Gasteiger partial charge on any atom is 0.164 e. The summed E-state index contributed by atoms with van der Waals surface area (Å²) in [7, 11) is 0. The standard InChI is InChI=1S/C58H38N4/c1-4-18-39(19-5-1)40-34-36-42(37-35-40)56-59-55(41-20-6-2-7-21-41)60-57(61-56)44-23-16-22-43(38-44)46-27-17-28-48-47-26-10-11-29-49(47)58(54(46)48)50-30-12-14-32-52(50)62(45-24-8-3-9-25-45)53-33-15-13-31-51(53)58/h1-38H. The van der Waals surface area contributed by atoms with Crippen molar-refractivity contribution in [3.8, 4) is 67.5 Å². The highest BCUT2D eigenvalue weighted by Crippen LogP contribution is 2.64. The minimum atomic E-state index is -0.594. The van der Waals surface area contributed by atoms with Crippen LogP contribution in [-0.2, 0) is 5.41 Å². The molecule has 1 aromatic heterocycles. The number of rotatable bonds is 6. The van der Waals surface area contributed by atoms with Crippen LogP contribution in [-0.4, -0.2) is 15.0 Å². The summed E-state index contributed by atoms with van der Waals surface area (Å²) in [4.78, 5) is 17.8. The van der Waals surface area contributed by atoms with Gasteiger partial charge in [-0.25, -0.2) is 15.0 Å². The molecule has 1 spiro atoms. The highest BCUT2D eigenvalue weighted by atomic mass is 15.2. The van der Waals surface area contributed by atoms with Gasteiger partial charge in [-0.2, -0.15) is 0 Å². The first-order valence-corrected chi connectivity index (χ1v) is 21.1. The van der Waals surface area contributed by atoms with Crippen LogP contribution in [0.1, 0.15) is 22.3 Å². The zero-order valence-electron chi connectivity index (χ0n) is 33.7. The number of nitrogens with zero attached hydrogens (tertiary/aromatic N) is 4. The van der Waals surface area contributed by atoms with Gasteiger partial charge in [-0.1, -0.05) is 200 Å². The minimum Gasteiger partial charge on any atom is -0.310 e. The molecule has 2 heterocycles. The summed E-state index contributed by atoms with van der Waals surface area (Å²) < 4.78 is 0. The third-order valence-corrected chi connectivity index (χ3v) is 12.5. The molecule has 4 heteroatoms. The maximum atomic E-state index is 5.19. The lowest BCUT2D eigenvalue weighted by Gasteiger charge is -2.45. The van der Waals surface area contributed by atoms with Crippen molar-refractivity contribution in [2.45, 2.75) is 5.41 Å². The maximum absolute atomic E-state index is 5.19. The van der Waals surface area contributed by atoms with E-state index >= 15 is 0 Å². The van der Waals surface area contributed by atoms with Gasteiger partial charge in [-0.05, 0) is 86.0 Å². The molecule has 0 amide bonds. The number of anilines is 3. The molecular weight excluding hydrogens is 753 g/mol. The number of benzene rings is 9. The largest absolute Gasteiger partial charge is 0.310 e. The molecule has 2 aliphatic rings. The molecule has 0 N–H and O–H groups in total. The first-order valence-electron chi connectivity index (χ1n) is 21.1. The molecular formula is C58H38N4. The zero-order chi connectivity index (χ0) is 41.0. The molecule has 0 radical (unpaired) electrons. The number of para-hydroxylation sites is 3. The highest BCUT2D eigenvalue weighted by Gasteiger charge is 2.52. The summed E-state index contributed by atoms with van der Waals surface area (Å²) >= 11 is 0. The SMILES string of the molecule is c1ccc(-c2ccc(-c3nc(-c4ccccc4)nc(-c4cccc(-c5cccc6c5C5(c7ccccc7-6)c6ccccc6N(c6ccccc6)c6ccccc65)c4)n3)cc2)cc1. The van der Waals surface area contributed by atoms with Gasteiger partial charge in [-0.15, -0.1) is 0 Å². The molecule has 0 unspecified atom stereocenters. The predicted molar refractivity (Wildman–Crippen MR) is 253 cm³/mol. The Labute approximate surface area is 361 Å². The highest BCUT2D eigenvalue weighted by molar-refractivity contribution is 5.99. The molecule has 0 saturated heterocycles. The fourth-order valence-corrected chi connectivity index (χ4v) is 9.88. The Morgan fingerprint density at radius 3 is 1.37 bits per heavy atom. The van der Waals surface area contributed by atoms with E-state index in [0.717, 1.165) is 33.5 Å². The van der Waals surface area contributed by atoms with Gasteiger partial charge in [0, 0.05) is 22.4 Å². The molecule has 4 nitrogen and oxygen atoms in total. The number of aromatic nitrogens is 3. The van der Waals surface area contributed by atoms with Crippen molar-refractivity contribution in [2.75, 3.05) is 4.90 Å². The Morgan fingerprint density at radius 1 is 0.290 bits per heavy atom.